The average molecular weight is 270 g/mol. The lowest BCUT2D eigenvalue weighted by Gasteiger charge is -2.17. The van der Waals surface area contributed by atoms with Crippen molar-refractivity contribution >= 4 is 5.57 Å². The Morgan fingerprint density at radius 3 is 2.15 bits per heavy atom. The second-order valence-electron chi connectivity index (χ2n) is 4.60. The lowest BCUT2D eigenvalue weighted by molar-refractivity contribution is 0.731. The maximum Gasteiger partial charge on any atom is -0.0147 e. The topological polar surface area (TPSA) is 0 Å². The van der Waals surface area contributed by atoms with Gasteiger partial charge in [0.25, 0.3) is 0 Å². The van der Waals surface area contributed by atoms with Crippen LogP contribution in [0, 0.1) is 0 Å². The molecule has 0 bridgehead atoms. The summed E-state index contributed by atoms with van der Waals surface area (Å²) in [5.41, 5.74) is 5.20. The molecule has 0 N–H and O–H groups in total. The molecule has 1 atom stereocenters. The molecule has 20 heavy (non-hydrogen) atoms. The van der Waals surface area contributed by atoms with Gasteiger partial charge in [-0.3, -0.25) is 0 Å². The Balaban J connectivity index is 0.00000172. The molecule has 0 aliphatic rings. The van der Waals surface area contributed by atoms with Crippen molar-refractivity contribution < 1.29 is 0 Å². The van der Waals surface area contributed by atoms with E-state index >= 15 is 0 Å². The third kappa shape index (κ3) is 4.52. The molecule has 0 saturated heterocycles. The van der Waals surface area contributed by atoms with Crippen LogP contribution < -0.4 is 0 Å². The molecular weight excluding hydrogens is 240 g/mol. The second kappa shape index (κ2) is 10.3. The van der Waals surface area contributed by atoms with Gasteiger partial charge in [0, 0.05) is 0 Å². The third-order valence-electron chi connectivity index (χ3n) is 3.57. The van der Waals surface area contributed by atoms with E-state index in [0.29, 0.717) is 5.92 Å². The fourth-order valence-electron chi connectivity index (χ4n) is 2.25. The summed E-state index contributed by atoms with van der Waals surface area (Å²) < 4.78 is 0. The molecule has 0 amide bonds. The minimum atomic E-state index is 0.569. The van der Waals surface area contributed by atoms with Gasteiger partial charge < -0.3 is 0 Å². The van der Waals surface area contributed by atoms with Crippen LogP contribution in [0.1, 0.15) is 64.5 Å². The van der Waals surface area contributed by atoms with Gasteiger partial charge >= 0.3 is 0 Å². The van der Waals surface area contributed by atoms with Crippen molar-refractivity contribution in [1.82, 2.24) is 0 Å². The van der Waals surface area contributed by atoms with E-state index in [9.17, 15) is 0 Å². The maximum atomic E-state index is 3.97. The first-order valence-corrected chi connectivity index (χ1v) is 7.76. The van der Waals surface area contributed by atoms with Crippen LogP contribution >= 0.6 is 0 Å². The molecule has 0 fully saturated rings. The first-order chi connectivity index (χ1) is 9.69. The molecular formula is C20H30. The molecule has 1 aromatic carbocycles. The Morgan fingerprint density at radius 1 is 1.10 bits per heavy atom. The highest BCUT2D eigenvalue weighted by Crippen LogP contribution is 2.31. The predicted octanol–water partition coefficient (Wildman–Crippen LogP) is 6.76. The van der Waals surface area contributed by atoms with Gasteiger partial charge in [-0.1, -0.05) is 84.2 Å². The Bertz CT molecular complexity index is 449. The Hall–Kier alpha value is -1.56. The zero-order chi connectivity index (χ0) is 15.5. The van der Waals surface area contributed by atoms with E-state index in [2.05, 4.69) is 58.2 Å². The fraction of sp³-hybridized carbons (Fsp3) is 0.400. The SMILES string of the molecule is C=C/C(CC)=C(\C=C)c1ccccc1C(C)CC.CC. The number of allylic oxidation sites excluding steroid dienone is 4. The summed E-state index contributed by atoms with van der Waals surface area (Å²) in [7, 11) is 0. The van der Waals surface area contributed by atoms with Crippen molar-refractivity contribution in [2.24, 2.45) is 0 Å². The number of hydrogen-bond acceptors (Lipinski definition) is 0. The summed E-state index contributed by atoms with van der Waals surface area (Å²) in [6, 6.07) is 8.63. The van der Waals surface area contributed by atoms with Crippen LogP contribution in [0.2, 0.25) is 0 Å². The summed E-state index contributed by atoms with van der Waals surface area (Å²) >= 11 is 0. The van der Waals surface area contributed by atoms with E-state index in [4.69, 9.17) is 0 Å². The van der Waals surface area contributed by atoms with Crippen LogP contribution in [0.15, 0.2) is 55.1 Å². The molecule has 110 valence electrons. The highest BCUT2D eigenvalue weighted by molar-refractivity contribution is 5.80. The van der Waals surface area contributed by atoms with Crippen molar-refractivity contribution in [2.75, 3.05) is 0 Å². The number of hydrogen-bond donors (Lipinski definition) is 0. The molecule has 0 aromatic heterocycles. The van der Waals surface area contributed by atoms with E-state index in [0.717, 1.165) is 12.8 Å². The van der Waals surface area contributed by atoms with Gasteiger partial charge in [-0.05, 0) is 41.0 Å². The fourth-order valence-corrected chi connectivity index (χ4v) is 2.25. The summed E-state index contributed by atoms with van der Waals surface area (Å²) in [5, 5.41) is 0. The van der Waals surface area contributed by atoms with Crippen LogP contribution in [0.25, 0.3) is 5.57 Å². The van der Waals surface area contributed by atoms with Gasteiger partial charge in [-0.15, -0.1) is 0 Å². The van der Waals surface area contributed by atoms with Gasteiger partial charge in [-0.25, -0.2) is 0 Å². The zero-order valence-electron chi connectivity index (χ0n) is 13.9. The molecule has 0 saturated carbocycles. The standard InChI is InChI=1S/C18H24.C2H6/c1-6-14(5)17-12-10-11-13-18(17)16(9-4)15(7-2)8-3;1-2/h7,9-14H,2,4,6,8H2,1,3,5H3;1-2H3/b16-15-;. The Labute approximate surface area is 125 Å². The maximum absolute atomic E-state index is 3.97. The first-order valence-electron chi connectivity index (χ1n) is 7.76. The van der Waals surface area contributed by atoms with Crippen LogP contribution in [-0.2, 0) is 0 Å². The van der Waals surface area contributed by atoms with E-state index in [1.807, 2.05) is 26.0 Å². The lowest BCUT2D eigenvalue weighted by atomic mass is 9.87. The van der Waals surface area contributed by atoms with Crippen molar-refractivity contribution in [1.29, 1.82) is 0 Å². The smallest absolute Gasteiger partial charge is 0.0147 e. The van der Waals surface area contributed by atoms with E-state index in [-0.39, 0.29) is 0 Å². The zero-order valence-corrected chi connectivity index (χ0v) is 13.9. The molecule has 0 heterocycles. The molecule has 0 heteroatoms. The third-order valence-corrected chi connectivity index (χ3v) is 3.57. The van der Waals surface area contributed by atoms with Crippen LogP contribution in [0.3, 0.4) is 0 Å². The van der Waals surface area contributed by atoms with E-state index in [1.165, 1.54) is 22.3 Å². The van der Waals surface area contributed by atoms with E-state index < -0.39 is 0 Å². The van der Waals surface area contributed by atoms with Gasteiger partial charge in [0.1, 0.15) is 0 Å². The van der Waals surface area contributed by atoms with Crippen LogP contribution in [-0.4, -0.2) is 0 Å². The summed E-state index contributed by atoms with van der Waals surface area (Å²) in [5.74, 6) is 0.569. The normalized spacial score (nSPS) is 12.7. The van der Waals surface area contributed by atoms with Gasteiger partial charge in [0.15, 0.2) is 0 Å². The van der Waals surface area contributed by atoms with Crippen molar-refractivity contribution in [2.45, 2.75) is 53.4 Å². The van der Waals surface area contributed by atoms with Gasteiger partial charge in [0.2, 0.25) is 0 Å². The first kappa shape index (κ1) is 18.4. The lowest BCUT2D eigenvalue weighted by Crippen LogP contribution is -1.98. The summed E-state index contributed by atoms with van der Waals surface area (Å²) in [6.07, 6.45) is 6.04. The minimum Gasteiger partial charge on any atom is -0.0988 e. The highest BCUT2D eigenvalue weighted by Gasteiger charge is 2.11. The van der Waals surface area contributed by atoms with E-state index in [1.54, 1.807) is 0 Å². The number of rotatable bonds is 6. The monoisotopic (exact) mass is 270 g/mol. The quantitative estimate of drug-likeness (QED) is 0.501. The average Bonchev–Trinajstić information content (AvgIpc) is 2.53. The van der Waals surface area contributed by atoms with Crippen LogP contribution in [0.4, 0.5) is 0 Å². The molecule has 1 aromatic rings. The molecule has 0 spiro atoms. The molecule has 1 rings (SSSR count). The second-order valence-corrected chi connectivity index (χ2v) is 4.60. The highest BCUT2D eigenvalue weighted by atomic mass is 14.2. The Kier molecular flexibility index (Phi) is 9.45. The molecule has 1 unspecified atom stereocenters. The van der Waals surface area contributed by atoms with Crippen molar-refractivity contribution in [3.05, 3.63) is 66.3 Å². The van der Waals surface area contributed by atoms with Crippen molar-refractivity contribution in [3.63, 3.8) is 0 Å². The summed E-state index contributed by atoms with van der Waals surface area (Å²) in [4.78, 5) is 0. The predicted molar refractivity (Wildman–Crippen MR) is 94.1 cm³/mol. The summed E-state index contributed by atoms with van der Waals surface area (Å²) in [6.45, 7) is 18.6. The molecule has 0 aliphatic carbocycles. The minimum absolute atomic E-state index is 0.569. The van der Waals surface area contributed by atoms with Gasteiger partial charge in [0.05, 0.1) is 0 Å². The largest absolute Gasteiger partial charge is 0.0988 e. The molecule has 0 radical (unpaired) electrons. The number of benzene rings is 1. The van der Waals surface area contributed by atoms with Gasteiger partial charge in [-0.2, -0.15) is 0 Å². The van der Waals surface area contributed by atoms with Crippen molar-refractivity contribution in [3.8, 4) is 0 Å². The van der Waals surface area contributed by atoms with Crippen LogP contribution in [0.5, 0.6) is 0 Å². The molecule has 0 nitrogen and oxygen atoms in total. The Morgan fingerprint density at radius 2 is 1.70 bits per heavy atom. The molecule has 0 aliphatic heterocycles.